The first-order valence-electron chi connectivity index (χ1n) is 11.0. The molecule has 7 rings (SSSR count). The molecule has 0 aromatic rings. The van der Waals surface area contributed by atoms with E-state index in [-0.39, 0.29) is 34.1 Å². The number of carbonyl (C=O) groups excluding carboxylic acids is 2. The zero-order valence-corrected chi connectivity index (χ0v) is 16.3. The van der Waals surface area contributed by atoms with Crippen molar-refractivity contribution < 1.29 is 19.1 Å². The Morgan fingerprint density at radius 3 is 2.74 bits per heavy atom. The molecule has 2 aliphatic heterocycles. The molecule has 5 aliphatic carbocycles. The molecule has 0 amide bonds. The minimum absolute atomic E-state index is 0.00124. The van der Waals surface area contributed by atoms with E-state index in [4.69, 9.17) is 9.47 Å². The van der Waals surface area contributed by atoms with E-state index in [1.807, 2.05) is 6.08 Å². The average Bonchev–Trinajstić information content (AvgIpc) is 3.49. The number of ether oxygens (including phenoxy) is 2. The Morgan fingerprint density at radius 1 is 1.11 bits per heavy atom. The van der Waals surface area contributed by atoms with Crippen molar-refractivity contribution in [1.29, 1.82) is 0 Å². The molecule has 144 valence electrons. The molecule has 6 fully saturated rings. The second kappa shape index (κ2) is 4.22. The Hall–Kier alpha value is -1.16. The summed E-state index contributed by atoms with van der Waals surface area (Å²) < 4.78 is 12.8. The molecule has 27 heavy (non-hydrogen) atoms. The fourth-order valence-electron chi connectivity index (χ4n) is 9.12. The number of hydrogen-bond acceptors (Lipinski definition) is 4. The smallest absolute Gasteiger partial charge is 0.306 e. The highest BCUT2D eigenvalue weighted by Gasteiger charge is 2.85. The van der Waals surface area contributed by atoms with Crippen molar-refractivity contribution in [2.45, 2.75) is 82.5 Å². The molecule has 0 aromatic carbocycles. The molecular weight excluding hydrogens is 340 g/mol. The molecule has 0 N–H and O–H groups in total. The first-order valence-corrected chi connectivity index (χ1v) is 11.0. The quantitative estimate of drug-likeness (QED) is 0.484. The van der Waals surface area contributed by atoms with E-state index in [1.54, 1.807) is 0 Å². The highest BCUT2D eigenvalue weighted by Crippen LogP contribution is 2.82. The Bertz CT molecular complexity index is 845. The molecule has 2 spiro atoms. The van der Waals surface area contributed by atoms with E-state index >= 15 is 0 Å². The normalized spacial score (nSPS) is 62.0. The maximum atomic E-state index is 12.2. The molecular formula is C23H28O4. The van der Waals surface area contributed by atoms with Crippen LogP contribution >= 0.6 is 0 Å². The number of epoxide rings is 1. The summed E-state index contributed by atoms with van der Waals surface area (Å²) in [5.41, 5.74) is 1.24. The summed E-state index contributed by atoms with van der Waals surface area (Å²) >= 11 is 0. The van der Waals surface area contributed by atoms with Crippen molar-refractivity contribution in [3.05, 3.63) is 11.6 Å². The molecule has 0 bridgehead atoms. The molecule has 4 heteroatoms. The lowest BCUT2D eigenvalue weighted by atomic mass is 9.46. The van der Waals surface area contributed by atoms with Crippen molar-refractivity contribution in [1.82, 2.24) is 0 Å². The van der Waals surface area contributed by atoms with Gasteiger partial charge in [-0.2, -0.15) is 0 Å². The fourth-order valence-corrected chi connectivity index (χ4v) is 9.12. The third kappa shape index (κ3) is 1.47. The number of esters is 1. The molecule has 1 unspecified atom stereocenters. The van der Waals surface area contributed by atoms with Crippen LogP contribution in [0, 0.1) is 34.5 Å². The highest BCUT2D eigenvalue weighted by molar-refractivity contribution is 5.92. The first kappa shape index (κ1) is 15.7. The van der Waals surface area contributed by atoms with Crippen molar-refractivity contribution >= 4 is 11.8 Å². The van der Waals surface area contributed by atoms with Crippen molar-refractivity contribution in [2.75, 3.05) is 0 Å². The Kier molecular flexibility index (Phi) is 2.46. The van der Waals surface area contributed by atoms with Crippen LogP contribution in [-0.4, -0.2) is 29.1 Å². The summed E-state index contributed by atoms with van der Waals surface area (Å²) in [6.07, 6.45) is 9.85. The zero-order valence-electron chi connectivity index (χ0n) is 16.3. The monoisotopic (exact) mass is 368 g/mol. The van der Waals surface area contributed by atoms with Gasteiger partial charge in [-0.15, -0.1) is 0 Å². The number of ketones is 1. The van der Waals surface area contributed by atoms with Crippen LogP contribution in [0.25, 0.3) is 0 Å². The molecule has 9 atom stereocenters. The van der Waals surface area contributed by atoms with Gasteiger partial charge in [0.15, 0.2) is 5.78 Å². The van der Waals surface area contributed by atoms with Crippen LogP contribution in [0.15, 0.2) is 11.6 Å². The van der Waals surface area contributed by atoms with Crippen LogP contribution in [0.3, 0.4) is 0 Å². The van der Waals surface area contributed by atoms with Gasteiger partial charge in [0, 0.05) is 23.7 Å². The van der Waals surface area contributed by atoms with Gasteiger partial charge in [0.2, 0.25) is 0 Å². The van der Waals surface area contributed by atoms with Crippen LogP contribution in [0.2, 0.25) is 0 Å². The summed E-state index contributed by atoms with van der Waals surface area (Å²) in [6, 6.07) is 0. The average molecular weight is 368 g/mol. The van der Waals surface area contributed by atoms with Crippen molar-refractivity contribution in [3.63, 3.8) is 0 Å². The predicted molar refractivity (Wildman–Crippen MR) is 96.6 cm³/mol. The van der Waals surface area contributed by atoms with Gasteiger partial charge >= 0.3 is 5.97 Å². The Labute approximate surface area is 160 Å². The molecule has 0 radical (unpaired) electrons. The van der Waals surface area contributed by atoms with Gasteiger partial charge in [-0.05, 0) is 68.3 Å². The lowest BCUT2D eigenvalue weighted by Gasteiger charge is -2.56. The number of hydrogen-bond donors (Lipinski definition) is 0. The minimum Gasteiger partial charge on any atom is -0.458 e. The van der Waals surface area contributed by atoms with Crippen LogP contribution in [-0.2, 0) is 19.1 Å². The number of rotatable bonds is 0. The maximum Gasteiger partial charge on any atom is 0.306 e. The molecule has 7 aliphatic rings. The lowest BCUT2D eigenvalue weighted by molar-refractivity contribution is -0.164. The third-order valence-corrected chi connectivity index (χ3v) is 10.4. The first-order chi connectivity index (χ1) is 12.8. The van der Waals surface area contributed by atoms with E-state index in [0.29, 0.717) is 42.3 Å². The summed E-state index contributed by atoms with van der Waals surface area (Å²) in [6.45, 7) is 4.81. The van der Waals surface area contributed by atoms with Gasteiger partial charge in [0.05, 0.1) is 6.10 Å². The van der Waals surface area contributed by atoms with Gasteiger partial charge in [-0.3, -0.25) is 9.59 Å². The predicted octanol–water partition coefficient (Wildman–Crippen LogP) is 3.58. The Balaban J connectivity index is 1.36. The Morgan fingerprint density at radius 2 is 1.96 bits per heavy atom. The largest absolute Gasteiger partial charge is 0.458 e. The van der Waals surface area contributed by atoms with Crippen LogP contribution < -0.4 is 0 Å². The molecule has 0 aromatic heterocycles. The van der Waals surface area contributed by atoms with Gasteiger partial charge in [0.25, 0.3) is 0 Å². The minimum atomic E-state index is -0.239. The summed E-state index contributed by atoms with van der Waals surface area (Å²) in [7, 11) is 0. The van der Waals surface area contributed by atoms with E-state index in [9.17, 15) is 9.59 Å². The van der Waals surface area contributed by atoms with Gasteiger partial charge < -0.3 is 9.47 Å². The second-order valence-electron chi connectivity index (χ2n) is 11.1. The molecule has 2 saturated heterocycles. The standard InChI is InChI=1S/C23H28O4/c1-20-6-3-12(24)9-16(20)13-10-14(13)19-15-4-7-22(8-5-18(25)27-22)21(15,2)11-17-23(19,20)26-17/h9,13-15,17,19H,3-8,10-11H2,1-2H3/t13-,14-,15+,17+,19+,20+,21+,22-,23?/m1/s1. The van der Waals surface area contributed by atoms with Crippen LogP contribution in [0.4, 0.5) is 0 Å². The molecule has 2 heterocycles. The van der Waals surface area contributed by atoms with Gasteiger partial charge in [0.1, 0.15) is 11.2 Å². The van der Waals surface area contributed by atoms with Gasteiger partial charge in [-0.25, -0.2) is 0 Å². The zero-order chi connectivity index (χ0) is 18.4. The van der Waals surface area contributed by atoms with E-state index < -0.39 is 0 Å². The lowest BCUT2D eigenvalue weighted by Crippen LogP contribution is -2.60. The molecule has 4 nitrogen and oxygen atoms in total. The SMILES string of the molecule is C[C@]12CCC(=O)C=C1[C@@H]1C[C@H]1[C@H]1[C@@H]3CC[C@@]4(CCC(=O)O4)[C@@]3(C)C[C@@H]3OC132. The number of fused-ring (bicyclic) bond motifs is 7. The van der Waals surface area contributed by atoms with E-state index in [0.717, 1.165) is 25.7 Å². The van der Waals surface area contributed by atoms with E-state index in [2.05, 4.69) is 13.8 Å². The summed E-state index contributed by atoms with van der Waals surface area (Å²) in [5, 5.41) is 0. The number of carbonyl (C=O) groups is 2. The van der Waals surface area contributed by atoms with Crippen molar-refractivity contribution in [3.8, 4) is 0 Å². The van der Waals surface area contributed by atoms with Crippen molar-refractivity contribution in [2.24, 2.45) is 34.5 Å². The summed E-state index contributed by atoms with van der Waals surface area (Å²) in [5.74, 6) is 2.77. The van der Waals surface area contributed by atoms with Crippen LogP contribution in [0.5, 0.6) is 0 Å². The maximum absolute atomic E-state index is 12.2. The topological polar surface area (TPSA) is 55.9 Å². The fraction of sp³-hybridized carbons (Fsp3) is 0.826. The highest BCUT2D eigenvalue weighted by atomic mass is 16.6. The molecule has 4 saturated carbocycles. The van der Waals surface area contributed by atoms with Crippen LogP contribution in [0.1, 0.15) is 65.2 Å². The van der Waals surface area contributed by atoms with Gasteiger partial charge in [-0.1, -0.05) is 19.4 Å². The summed E-state index contributed by atoms with van der Waals surface area (Å²) in [4.78, 5) is 24.2. The van der Waals surface area contributed by atoms with E-state index in [1.165, 1.54) is 18.4 Å². The second-order valence-corrected chi connectivity index (χ2v) is 11.1. The third-order valence-electron chi connectivity index (χ3n) is 10.4.